The van der Waals surface area contributed by atoms with Gasteiger partial charge < -0.3 is 0 Å². The number of piperidine rings is 1. The topological polar surface area (TPSA) is 22.1 Å². The third-order valence-electron chi connectivity index (χ3n) is 3.45. The van der Waals surface area contributed by atoms with E-state index in [-0.39, 0.29) is 0 Å². The monoisotopic (exact) mass is 207 g/mol. The summed E-state index contributed by atoms with van der Waals surface area (Å²) in [6.07, 6.45) is 4.22. The van der Waals surface area contributed by atoms with Gasteiger partial charge in [0.1, 0.15) is 13.1 Å². The number of nitrogens with zero attached hydrogens (tertiary/aromatic N) is 2. The maximum atomic E-state index is 5.48. The van der Waals surface area contributed by atoms with Crippen LogP contribution in [0.15, 0.2) is 24.4 Å². The first-order chi connectivity index (χ1) is 7.23. The van der Waals surface area contributed by atoms with E-state index in [1.54, 1.807) is 7.11 Å². The maximum Gasteiger partial charge on any atom is 0.109 e. The van der Waals surface area contributed by atoms with Crippen molar-refractivity contribution in [2.24, 2.45) is 0 Å². The van der Waals surface area contributed by atoms with Crippen molar-refractivity contribution in [2.75, 3.05) is 27.2 Å². The van der Waals surface area contributed by atoms with E-state index < -0.39 is 0 Å². The van der Waals surface area contributed by atoms with E-state index in [2.05, 4.69) is 24.2 Å². The number of likely N-dealkylation sites (tertiary alicyclic amines) is 1. The molecule has 1 saturated heterocycles. The van der Waals surface area contributed by atoms with Crippen LogP contribution in [-0.4, -0.2) is 36.9 Å². The number of quaternary nitrogens is 1. The zero-order valence-electron chi connectivity index (χ0n) is 9.52. The van der Waals surface area contributed by atoms with Crippen LogP contribution in [0.4, 0.5) is 0 Å². The lowest BCUT2D eigenvalue weighted by Crippen LogP contribution is -2.48. The van der Waals surface area contributed by atoms with Crippen LogP contribution in [0, 0.1) is 0 Å². The van der Waals surface area contributed by atoms with Crippen molar-refractivity contribution in [3.05, 3.63) is 30.1 Å². The first-order valence-electron chi connectivity index (χ1n) is 5.55. The molecule has 0 atom stereocenters. The van der Waals surface area contributed by atoms with Crippen LogP contribution < -0.4 is 0 Å². The van der Waals surface area contributed by atoms with Crippen LogP contribution in [0.3, 0.4) is 0 Å². The Bertz CT molecular complexity index is 305. The zero-order valence-corrected chi connectivity index (χ0v) is 9.52. The van der Waals surface area contributed by atoms with Crippen LogP contribution in [0.5, 0.6) is 0 Å². The van der Waals surface area contributed by atoms with Crippen LogP contribution in [0.1, 0.15) is 24.5 Å². The molecule has 0 aliphatic carbocycles. The Hall–Kier alpha value is -0.930. The molecular weight excluding hydrogens is 188 g/mol. The summed E-state index contributed by atoms with van der Waals surface area (Å²) in [5, 5.41) is 0. The molecule has 2 rings (SSSR count). The standard InChI is InChI=1S/C12H19N2O/c1-14(15-2)9-6-11(7-10-14)12-5-3-4-8-13-12/h3-5,8,11H,6-7,9-10H2,1-2H3/q+1. The molecule has 1 aromatic rings. The third kappa shape index (κ3) is 2.36. The van der Waals surface area contributed by atoms with E-state index in [0.717, 1.165) is 17.7 Å². The van der Waals surface area contributed by atoms with Gasteiger partial charge in [-0.1, -0.05) is 6.07 Å². The molecular formula is C12H19N2O+. The zero-order chi connectivity index (χ0) is 10.7. The van der Waals surface area contributed by atoms with Crippen molar-refractivity contribution in [1.29, 1.82) is 0 Å². The summed E-state index contributed by atoms with van der Waals surface area (Å²) in [6.45, 7) is 2.16. The summed E-state index contributed by atoms with van der Waals surface area (Å²) < 4.78 is 0.739. The lowest BCUT2D eigenvalue weighted by Gasteiger charge is -2.36. The minimum Gasteiger partial charge on any atom is -0.261 e. The summed E-state index contributed by atoms with van der Waals surface area (Å²) >= 11 is 0. The minimum absolute atomic E-state index is 0.618. The van der Waals surface area contributed by atoms with Crippen molar-refractivity contribution in [1.82, 2.24) is 4.98 Å². The highest BCUT2D eigenvalue weighted by Crippen LogP contribution is 2.29. The second kappa shape index (κ2) is 4.29. The smallest absolute Gasteiger partial charge is 0.109 e. The molecule has 1 fully saturated rings. The Morgan fingerprint density at radius 2 is 2.07 bits per heavy atom. The molecule has 82 valence electrons. The summed E-state index contributed by atoms with van der Waals surface area (Å²) in [4.78, 5) is 9.91. The number of pyridine rings is 1. The molecule has 15 heavy (non-hydrogen) atoms. The lowest BCUT2D eigenvalue weighted by atomic mass is 9.93. The van der Waals surface area contributed by atoms with Gasteiger partial charge in [0.25, 0.3) is 0 Å². The number of aromatic nitrogens is 1. The molecule has 0 aromatic carbocycles. The third-order valence-corrected chi connectivity index (χ3v) is 3.45. The Morgan fingerprint density at radius 3 is 2.60 bits per heavy atom. The molecule has 0 spiro atoms. The summed E-state index contributed by atoms with van der Waals surface area (Å²) in [5.41, 5.74) is 1.24. The van der Waals surface area contributed by atoms with Gasteiger partial charge in [-0.25, -0.2) is 4.84 Å². The fraction of sp³-hybridized carbons (Fsp3) is 0.583. The fourth-order valence-corrected chi connectivity index (χ4v) is 2.21. The molecule has 2 heterocycles. The molecule has 3 nitrogen and oxygen atoms in total. The van der Waals surface area contributed by atoms with Crippen molar-refractivity contribution < 1.29 is 9.48 Å². The number of hydrogen-bond donors (Lipinski definition) is 0. The molecule has 0 saturated carbocycles. The Balaban J connectivity index is 2.00. The quantitative estimate of drug-likeness (QED) is 0.692. The van der Waals surface area contributed by atoms with E-state index in [4.69, 9.17) is 4.84 Å². The largest absolute Gasteiger partial charge is 0.261 e. The first-order valence-corrected chi connectivity index (χ1v) is 5.55. The number of hydrogen-bond acceptors (Lipinski definition) is 2. The highest BCUT2D eigenvalue weighted by atomic mass is 16.7. The van der Waals surface area contributed by atoms with Crippen molar-refractivity contribution >= 4 is 0 Å². The van der Waals surface area contributed by atoms with Crippen molar-refractivity contribution in [3.8, 4) is 0 Å². The molecule has 0 amide bonds. The molecule has 0 N–H and O–H groups in total. The van der Waals surface area contributed by atoms with Gasteiger partial charge in [-0.05, 0) is 12.1 Å². The molecule has 0 bridgehead atoms. The van der Waals surface area contributed by atoms with E-state index in [9.17, 15) is 0 Å². The summed E-state index contributed by atoms with van der Waals surface area (Å²) in [6, 6.07) is 6.18. The van der Waals surface area contributed by atoms with E-state index in [1.807, 2.05) is 12.3 Å². The SMILES string of the molecule is CO[N+]1(C)CCC(c2ccccn2)CC1. The maximum absolute atomic E-state index is 5.48. The average molecular weight is 207 g/mol. The Kier molecular flexibility index (Phi) is 3.03. The van der Waals surface area contributed by atoms with Gasteiger partial charge in [-0.2, -0.15) is 4.65 Å². The summed E-state index contributed by atoms with van der Waals surface area (Å²) in [7, 11) is 3.94. The second-order valence-electron chi connectivity index (χ2n) is 4.46. The number of rotatable bonds is 2. The normalized spacial score (nSPS) is 31.5. The lowest BCUT2D eigenvalue weighted by molar-refractivity contribution is -1.09. The Labute approximate surface area is 91.2 Å². The molecule has 1 aliphatic heterocycles. The predicted octanol–water partition coefficient (Wildman–Crippen LogP) is 1.97. The summed E-state index contributed by atoms with van der Waals surface area (Å²) in [5.74, 6) is 0.618. The molecule has 3 heteroatoms. The number of hydroxylamine groups is 3. The van der Waals surface area contributed by atoms with Gasteiger partial charge in [0.2, 0.25) is 0 Å². The highest BCUT2D eigenvalue weighted by molar-refractivity contribution is 5.09. The van der Waals surface area contributed by atoms with Gasteiger partial charge in [0, 0.05) is 30.7 Å². The van der Waals surface area contributed by atoms with Crippen LogP contribution in [0.25, 0.3) is 0 Å². The predicted molar refractivity (Wildman–Crippen MR) is 59.1 cm³/mol. The van der Waals surface area contributed by atoms with E-state index in [0.29, 0.717) is 5.92 Å². The van der Waals surface area contributed by atoms with Gasteiger partial charge in [0.15, 0.2) is 0 Å². The fourth-order valence-electron chi connectivity index (χ4n) is 2.21. The second-order valence-corrected chi connectivity index (χ2v) is 4.46. The average Bonchev–Trinajstić information content (AvgIpc) is 2.31. The van der Waals surface area contributed by atoms with Gasteiger partial charge in [-0.3, -0.25) is 4.98 Å². The molecule has 1 aromatic heterocycles. The first kappa shape index (κ1) is 10.6. The van der Waals surface area contributed by atoms with Crippen molar-refractivity contribution in [3.63, 3.8) is 0 Å². The highest BCUT2D eigenvalue weighted by Gasteiger charge is 2.31. The molecule has 0 radical (unpaired) electrons. The Morgan fingerprint density at radius 1 is 1.33 bits per heavy atom. The molecule has 1 aliphatic rings. The van der Waals surface area contributed by atoms with Crippen LogP contribution in [-0.2, 0) is 4.84 Å². The van der Waals surface area contributed by atoms with Gasteiger partial charge in [-0.15, -0.1) is 0 Å². The van der Waals surface area contributed by atoms with Crippen LogP contribution in [0.2, 0.25) is 0 Å². The van der Waals surface area contributed by atoms with Crippen LogP contribution >= 0.6 is 0 Å². The van der Waals surface area contributed by atoms with E-state index in [1.165, 1.54) is 18.5 Å². The molecule has 0 unspecified atom stereocenters. The van der Waals surface area contributed by atoms with Gasteiger partial charge in [0.05, 0.1) is 14.2 Å². The van der Waals surface area contributed by atoms with Crippen molar-refractivity contribution in [2.45, 2.75) is 18.8 Å². The van der Waals surface area contributed by atoms with Gasteiger partial charge >= 0.3 is 0 Å². The minimum atomic E-state index is 0.618. The van der Waals surface area contributed by atoms with E-state index >= 15 is 0 Å².